The van der Waals surface area contributed by atoms with Gasteiger partial charge in [-0.2, -0.15) is 0 Å². The van der Waals surface area contributed by atoms with Crippen LogP contribution in [0.1, 0.15) is 5.69 Å². The molecule has 1 aliphatic rings. The average molecular weight is 394 g/mol. The Morgan fingerprint density at radius 3 is 2.76 bits per heavy atom. The fraction of sp³-hybridized carbons (Fsp3) is 0.190. The summed E-state index contributed by atoms with van der Waals surface area (Å²) in [5.41, 5.74) is 2.33. The molecule has 0 bridgehead atoms. The molecular weight excluding hydrogens is 375 g/mol. The van der Waals surface area contributed by atoms with Crippen molar-refractivity contribution in [2.45, 2.75) is 12.6 Å². The van der Waals surface area contributed by atoms with Gasteiger partial charge in [-0.05, 0) is 36.4 Å². The van der Waals surface area contributed by atoms with Gasteiger partial charge in [0.2, 0.25) is 6.41 Å². The number of pyridine rings is 1. The molecule has 148 valence electrons. The van der Waals surface area contributed by atoms with Gasteiger partial charge >= 0.3 is 6.09 Å². The molecule has 1 fully saturated rings. The van der Waals surface area contributed by atoms with Crippen molar-refractivity contribution in [1.29, 1.82) is 0 Å². The smallest absolute Gasteiger partial charge is 0.414 e. The maximum atomic E-state index is 14.8. The van der Waals surface area contributed by atoms with Gasteiger partial charge in [0.15, 0.2) is 0 Å². The first-order valence-electron chi connectivity index (χ1n) is 9.15. The van der Waals surface area contributed by atoms with Crippen molar-refractivity contribution in [3.8, 4) is 11.1 Å². The van der Waals surface area contributed by atoms with Crippen LogP contribution in [0.25, 0.3) is 11.1 Å². The number of ether oxygens (including phenoxy) is 1. The van der Waals surface area contributed by atoms with E-state index in [0.29, 0.717) is 29.8 Å². The highest BCUT2D eigenvalue weighted by Gasteiger charge is 2.32. The van der Waals surface area contributed by atoms with E-state index in [0.717, 1.165) is 5.69 Å². The van der Waals surface area contributed by atoms with E-state index in [1.165, 1.54) is 11.0 Å². The highest BCUT2D eigenvalue weighted by Crippen LogP contribution is 2.29. The molecule has 0 saturated carbocycles. The van der Waals surface area contributed by atoms with E-state index in [4.69, 9.17) is 4.74 Å². The number of aromatic nitrogens is 2. The number of halogens is 1. The van der Waals surface area contributed by atoms with Crippen molar-refractivity contribution in [2.24, 2.45) is 0 Å². The summed E-state index contributed by atoms with van der Waals surface area (Å²) in [7, 11) is 0. The van der Waals surface area contributed by atoms with Crippen LogP contribution in [-0.4, -0.2) is 41.2 Å². The Morgan fingerprint density at radius 1 is 1.24 bits per heavy atom. The van der Waals surface area contributed by atoms with Crippen LogP contribution in [0.3, 0.4) is 0 Å². The van der Waals surface area contributed by atoms with Crippen LogP contribution in [0.15, 0.2) is 61.1 Å². The van der Waals surface area contributed by atoms with Crippen LogP contribution in [-0.2, 0) is 16.1 Å². The number of nitrogens with zero attached hydrogens (tertiary/aromatic N) is 3. The summed E-state index contributed by atoms with van der Waals surface area (Å²) >= 11 is 0. The molecule has 0 unspecified atom stereocenters. The van der Waals surface area contributed by atoms with Gasteiger partial charge in [-0.3, -0.25) is 14.7 Å². The molecule has 3 aromatic rings. The average Bonchev–Trinajstić information content (AvgIpc) is 3.36. The molecule has 8 heteroatoms. The predicted octanol–water partition coefficient (Wildman–Crippen LogP) is 2.81. The van der Waals surface area contributed by atoms with Crippen molar-refractivity contribution >= 4 is 18.2 Å². The number of amides is 2. The van der Waals surface area contributed by atoms with Crippen molar-refractivity contribution in [2.75, 3.05) is 18.0 Å². The Balaban J connectivity index is 1.48. The molecule has 1 atom stereocenters. The minimum absolute atomic E-state index is 0.216. The van der Waals surface area contributed by atoms with E-state index < -0.39 is 18.0 Å². The fourth-order valence-corrected chi connectivity index (χ4v) is 3.26. The number of hydrogen-bond donors (Lipinski definition) is 1. The molecule has 0 spiro atoms. The Labute approximate surface area is 166 Å². The zero-order valence-electron chi connectivity index (χ0n) is 15.5. The lowest BCUT2D eigenvalue weighted by atomic mass is 10.1. The number of nitrogens with one attached hydrogen (secondary N) is 1. The lowest BCUT2D eigenvalue weighted by Crippen LogP contribution is -2.30. The molecule has 0 radical (unpaired) electrons. The normalized spacial score (nSPS) is 16.0. The summed E-state index contributed by atoms with van der Waals surface area (Å²) in [4.78, 5) is 28.2. The first-order chi connectivity index (χ1) is 14.1. The molecule has 1 aromatic carbocycles. The minimum atomic E-state index is -0.564. The fourth-order valence-electron chi connectivity index (χ4n) is 3.26. The van der Waals surface area contributed by atoms with E-state index in [9.17, 15) is 14.0 Å². The van der Waals surface area contributed by atoms with Crippen LogP contribution >= 0.6 is 0 Å². The second-order valence-electron chi connectivity index (χ2n) is 6.70. The van der Waals surface area contributed by atoms with Gasteiger partial charge in [0.1, 0.15) is 11.9 Å². The van der Waals surface area contributed by atoms with E-state index in [2.05, 4.69) is 10.3 Å². The van der Waals surface area contributed by atoms with E-state index in [1.807, 2.05) is 41.2 Å². The highest BCUT2D eigenvalue weighted by atomic mass is 19.1. The van der Waals surface area contributed by atoms with Gasteiger partial charge < -0.3 is 14.6 Å². The van der Waals surface area contributed by atoms with Gasteiger partial charge in [0.05, 0.1) is 31.0 Å². The standard InChI is InChI=1S/C21H19FN4O3/c22-20-9-17(26-13-18(11-23-14-27)29-21(26)28)5-6-19(20)15-3-4-16(24-10-15)12-25-7-1-2-8-25/h1-10,14,18H,11-13H2,(H,23,27)/t18-/m0/s1. The molecule has 2 aromatic heterocycles. The zero-order chi connectivity index (χ0) is 20.2. The first-order valence-corrected chi connectivity index (χ1v) is 9.15. The molecular formula is C21H19FN4O3. The van der Waals surface area contributed by atoms with E-state index in [-0.39, 0.29) is 13.1 Å². The summed E-state index contributed by atoms with van der Waals surface area (Å²) in [6.07, 6.45) is 5.07. The summed E-state index contributed by atoms with van der Waals surface area (Å²) in [6.45, 7) is 1.10. The van der Waals surface area contributed by atoms with Crippen LogP contribution in [0, 0.1) is 5.82 Å². The molecule has 3 heterocycles. The largest absolute Gasteiger partial charge is 0.442 e. The number of rotatable bonds is 7. The molecule has 1 N–H and O–H groups in total. The van der Waals surface area contributed by atoms with E-state index in [1.54, 1.807) is 18.3 Å². The van der Waals surface area contributed by atoms with Crippen molar-refractivity contribution in [3.05, 3.63) is 72.6 Å². The maximum Gasteiger partial charge on any atom is 0.414 e. The predicted molar refractivity (Wildman–Crippen MR) is 105 cm³/mol. The lowest BCUT2D eigenvalue weighted by Gasteiger charge is -2.14. The van der Waals surface area contributed by atoms with Crippen molar-refractivity contribution in [3.63, 3.8) is 0 Å². The van der Waals surface area contributed by atoms with Crippen LogP contribution < -0.4 is 10.2 Å². The van der Waals surface area contributed by atoms with Gasteiger partial charge in [-0.15, -0.1) is 0 Å². The van der Waals surface area contributed by atoms with Gasteiger partial charge in [-0.25, -0.2) is 9.18 Å². The lowest BCUT2D eigenvalue weighted by molar-refractivity contribution is -0.109. The Kier molecular flexibility index (Phi) is 5.24. The van der Waals surface area contributed by atoms with Crippen molar-refractivity contribution in [1.82, 2.24) is 14.9 Å². The summed E-state index contributed by atoms with van der Waals surface area (Å²) in [5, 5.41) is 2.48. The molecule has 1 aliphatic heterocycles. The Bertz CT molecular complexity index is 1010. The summed E-state index contributed by atoms with van der Waals surface area (Å²) in [5.74, 6) is -0.454. The third-order valence-electron chi connectivity index (χ3n) is 4.71. The Hall–Kier alpha value is -3.68. The monoisotopic (exact) mass is 394 g/mol. The topological polar surface area (TPSA) is 76.5 Å². The Morgan fingerprint density at radius 2 is 2.07 bits per heavy atom. The third kappa shape index (κ3) is 4.11. The SMILES string of the molecule is O=CNC[C@H]1CN(c2ccc(-c3ccc(Cn4cccc4)nc3)c(F)c2)C(=O)O1. The van der Waals surface area contributed by atoms with Crippen molar-refractivity contribution < 1.29 is 18.7 Å². The molecule has 4 rings (SSSR count). The first kappa shape index (κ1) is 18.7. The summed E-state index contributed by atoms with van der Waals surface area (Å²) < 4.78 is 21.9. The van der Waals surface area contributed by atoms with Gasteiger partial charge in [-0.1, -0.05) is 6.07 Å². The number of carbonyl (C=O) groups excluding carboxylic acids is 2. The highest BCUT2D eigenvalue weighted by molar-refractivity contribution is 5.90. The third-order valence-corrected chi connectivity index (χ3v) is 4.71. The molecule has 1 saturated heterocycles. The maximum absolute atomic E-state index is 14.8. The van der Waals surface area contributed by atoms with Crippen LogP contribution in [0.5, 0.6) is 0 Å². The van der Waals surface area contributed by atoms with Crippen LogP contribution in [0.2, 0.25) is 0 Å². The molecule has 29 heavy (non-hydrogen) atoms. The second kappa shape index (κ2) is 8.14. The second-order valence-corrected chi connectivity index (χ2v) is 6.70. The molecule has 7 nitrogen and oxygen atoms in total. The molecule has 0 aliphatic carbocycles. The van der Waals surface area contributed by atoms with Crippen LogP contribution in [0.4, 0.5) is 14.9 Å². The zero-order valence-corrected chi connectivity index (χ0v) is 15.5. The number of benzene rings is 1. The van der Waals surface area contributed by atoms with Gasteiger partial charge in [0.25, 0.3) is 0 Å². The quantitative estimate of drug-likeness (QED) is 0.625. The molecule has 2 amide bonds. The van der Waals surface area contributed by atoms with E-state index >= 15 is 0 Å². The summed E-state index contributed by atoms with van der Waals surface area (Å²) in [6, 6.07) is 12.2. The minimum Gasteiger partial charge on any atom is -0.442 e. The number of anilines is 1. The van der Waals surface area contributed by atoms with Gasteiger partial charge in [0, 0.05) is 29.7 Å². The number of cyclic esters (lactones) is 1. The number of carbonyl (C=O) groups is 2. The number of hydrogen-bond acceptors (Lipinski definition) is 4.